The van der Waals surface area contributed by atoms with Crippen molar-refractivity contribution in [3.8, 4) is 11.5 Å². The van der Waals surface area contributed by atoms with Crippen LogP contribution in [0.1, 0.15) is 33.7 Å². The van der Waals surface area contributed by atoms with Crippen LogP contribution < -0.4 is 14.8 Å². The molecule has 9 heteroatoms. The summed E-state index contributed by atoms with van der Waals surface area (Å²) in [7, 11) is 3.04. The van der Waals surface area contributed by atoms with Crippen molar-refractivity contribution in [3.05, 3.63) is 35.7 Å². The van der Waals surface area contributed by atoms with E-state index in [1.807, 2.05) is 0 Å². The van der Waals surface area contributed by atoms with E-state index < -0.39 is 0 Å². The number of piperidine rings is 1. The van der Waals surface area contributed by atoms with Crippen LogP contribution in [0.4, 0.5) is 0 Å². The second-order valence-corrected chi connectivity index (χ2v) is 6.86. The molecule has 1 atom stereocenters. The van der Waals surface area contributed by atoms with Crippen LogP contribution in [-0.2, 0) is 0 Å². The normalized spacial score (nSPS) is 16.7. The molecule has 144 valence electrons. The van der Waals surface area contributed by atoms with Gasteiger partial charge in [-0.1, -0.05) is 6.07 Å². The Balaban J connectivity index is 1.60. The lowest BCUT2D eigenvalue weighted by atomic mass is 9.97. The van der Waals surface area contributed by atoms with Crippen LogP contribution in [0, 0.1) is 5.92 Å². The number of carbonyl (C=O) groups excluding carboxylic acids is 2. The summed E-state index contributed by atoms with van der Waals surface area (Å²) >= 11 is 1.02. The van der Waals surface area contributed by atoms with Crippen molar-refractivity contribution < 1.29 is 19.1 Å². The molecule has 8 nitrogen and oxygen atoms in total. The number of carbonyl (C=O) groups is 2. The summed E-state index contributed by atoms with van der Waals surface area (Å²) in [4.78, 5) is 26.8. The lowest BCUT2D eigenvalue weighted by Crippen LogP contribution is -2.43. The Kier molecular flexibility index (Phi) is 6.23. The van der Waals surface area contributed by atoms with Crippen molar-refractivity contribution in [1.82, 2.24) is 19.0 Å². The minimum atomic E-state index is -0.224. The van der Waals surface area contributed by atoms with E-state index in [1.165, 1.54) is 20.4 Å². The van der Waals surface area contributed by atoms with Gasteiger partial charge in [0.25, 0.3) is 11.8 Å². The van der Waals surface area contributed by atoms with E-state index in [9.17, 15) is 9.59 Å². The van der Waals surface area contributed by atoms with E-state index in [-0.39, 0.29) is 17.7 Å². The highest BCUT2D eigenvalue weighted by molar-refractivity contribution is 6.99. The van der Waals surface area contributed by atoms with E-state index in [0.717, 1.165) is 24.6 Å². The number of likely N-dealkylation sites (tertiary alicyclic amines) is 1. The Morgan fingerprint density at radius 1 is 1.33 bits per heavy atom. The van der Waals surface area contributed by atoms with Gasteiger partial charge in [-0.3, -0.25) is 9.59 Å². The average molecular weight is 390 g/mol. The SMILES string of the molecule is COc1cccc(C(=O)NC[C@H]2CCCN(C(=O)c3cnsn3)C2)c1OC. The lowest BCUT2D eigenvalue weighted by molar-refractivity contribution is 0.0666. The molecule has 0 unspecified atom stereocenters. The number of nitrogens with zero attached hydrogens (tertiary/aromatic N) is 3. The number of aromatic nitrogens is 2. The molecule has 1 aliphatic rings. The summed E-state index contributed by atoms with van der Waals surface area (Å²) in [5, 5.41) is 2.95. The maximum Gasteiger partial charge on any atom is 0.275 e. The summed E-state index contributed by atoms with van der Waals surface area (Å²) in [5.74, 6) is 0.785. The Bertz CT molecular complexity index is 797. The van der Waals surface area contributed by atoms with Crippen molar-refractivity contribution >= 4 is 23.5 Å². The number of para-hydroxylation sites is 1. The molecule has 1 aromatic carbocycles. The molecule has 0 saturated carbocycles. The standard InChI is InChI=1S/C18H22N4O4S/c1-25-15-7-3-6-13(16(15)26-2)17(23)19-9-12-5-4-8-22(11-12)18(24)14-10-20-27-21-14/h3,6-7,10,12H,4-5,8-9,11H2,1-2H3,(H,19,23)/t12-/m1/s1. The highest BCUT2D eigenvalue weighted by Crippen LogP contribution is 2.30. The molecule has 1 aromatic heterocycles. The van der Waals surface area contributed by atoms with Crippen molar-refractivity contribution in [2.45, 2.75) is 12.8 Å². The molecule has 0 aliphatic carbocycles. The zero-order chi connectivity index (χ0) is 19.2. The van der Waals surface area contributed by atoms with E-state index >= 15 is 0 Å². The zero-order valence-electron chi connectivity index (χ0n) is 15.3. The van der Waals surface area contributed by atoms with E-state index in [0.29, 0.717) is 42.4 Å². The molecule has 1 N–H and O–H groups in total. The maximum absolute atomic E-state index is 12.6. The number of methoxy groups -OCH3 is 2. The van der Waals surface area contributed by atoms with Crippen molar-refractivity contribution in [3.63, 3.8) is 0 Å². The number of hydrogen-bond donors (Lipinski definition) is 1. The number of nitrogens with one attached hydrogen (secondary N) is 1. The summed E-state index contributed by atoms with van der Waals surface area (Å²) in [6, 6.07) is 5.19. The van der Waals surface area contributed by atoms with Gasteiger partial charge in [0.15, 0.2) is 17.2 Å². The van der Waals surface area contributed by atoms with Crippen LogP contribution in [-0.4, -0.2) is 59.3 Å². The number of amides is 2. The first-order valence-corrected chi connectivity index (χ1v) is 9.43. The van der Waals surface area contributed by atoms with Crippen LogP contribution in [0.3, 0.4) is 0 Å². The van der Waals surface area contributed by atoms with Gasteiger partial charge in [-0.05, 0) is 30.9 Å². The summed E-state index contributed by atoms with van der Waals surface area (Å²) in [6.45, 7) is 1.77. The topological polar surface area (TPSA) is 93.7 Å². The van der Waals surface area contributed by atoms with Gasteiger partial charge in [-0.25, -0.2) is 0 Å². The molecular formula is C18H22N4O4S. The zero-order valence-corrected chi connectivity index (χ0v) is 16.1. The van der Waals surface area contributed by atoms with Crippen LogP contribution in [0.15, 0.2) is 24.4 Å². The van der Waals surface area contributed by atoms with Crippen molar-refractivity contribution in [2.24, 2.45) is 5.92 Å². The first kappa shape index (κ1) is 19.1. The van der Waals surface area contributed by atoms with Gasteiger partial charge in [0.05, 0.1) is 37.7 Å². The summed E-state index contributed by atoms with van der Waals surface area (Å²) in [6.07, 6.45) is 3.34. The first-order chi connectivity index (χ1) is 13.1. The molecule has 0 spiro atoms. The molecule has 1 aliphatic heterocycles. The molecule has 2 aromatic rings. The predicted molar refractivity (Wildman–Crippen MR) is 100 cm³/mol. The molecule has 1 fully saturated rings. The number of benzene rings is 1. The lowest BCUT2D eigenvalue weighted by Gasteiger charge is -2.32. The quantitative estimate of drug-likeness (QED) is 0.809. The minimum Gasteiger partial charge on any atom is -0.493 e. The monoisotopic (exact) mass is 390 g/mol. The highest BCUT2D eigenvalue weighted by atomic mass is 32.1. The van der Waals surface area contributed by atoms with Gasteiger partial charge in [-0.2, -0.15) is 8.75 Å². The second kappa shape index (κ2) is 8.81. The van der Waals surface area contributed by atoms with Gasteiger partial charge >= 0.3 is 0 Å². The molecule has 2 amide bonds. The van der Waals surface area contributed by atoms with Gasteiger partial charge in [0.2, 0.25) is 0 Å². The Morgan fingerprint density at radius 2 is 2.19 bits per heavy atom. The largest absolute Gasteiger partial charge is 0.493 e. The molecule has 3 rings (SSSR count). The average Bonchev–Trinajstić information content (AvgIpc) is 3.25. The van der Waals surface area contributed by atoms with E-state index in [1.54, 1.807) is 23.1 Å². The molecular weight excluding hydrogens is 368 g/mol. The summed E-state index contributed by atoms with van der Waals surface area (Å²) in [5.41, 5.74) is 0.806. The minimum absolute atomic E-state index is 0.103. The van der Waals surface area contributed by atoms with E-state index in [4.69, 9.17) is 9.47 Å². The molecule has 27 heavy (non-hydrogen) atoms. The number of ether oxygens (including phenoxy) is 2. The number of rotatable bonds is 6. The highest BCUT2D eigenvalue weighted by Gasteiger charge is 2.26. The molecule has 0 radical (unpaired) electrons. The summed E-state index contributed by atoms with van der Waals surface area (Å²) < 4.78 is 18.5. The van der Waals surface area contributed by atoms with Crippen molar-refractivity contribution in [2.75, 3.05) is 33.9 Å². The Hall–Kier alpha value is -2.68. The van der Waals surface area contributed by atoms with Gasteiger partial charge in [0.1, 0.15) is 0 Å². The van der Waals surface area contributed by atoms with Crippen LogP contribution in [0.5, 0.6) is 11.5 Å². The Morgan fingerprint density at radius 3 is 2.89 bits per heavy atom. The van der Waals surface area contributed by atoms with Crippen LogP contribution >= 0.6 is 11.7 Å². The fraction of sp³-hybridized carbons (Fsp3) is 0.444. The third-order valence-corrected chi connectivity index (χ3v) is 5.06. The molecule has 1 saturated heterocycles. The van der Waals surface area contributed by atoms with Crippen LogP contribution in [0.25, 0.3) is 0 Å². The maximum atomic E-state index is 12.6. The molecule has 0 bridgehead atoms. The van der Waals surface area contributed by atoms with Crippen molar-refractivity contribution in [1.29, 1.82) is 0 Å². The van der Waals surface area contributed by atoms with Crippen LogP contribution in [0.2, 0.25) is 0 Å². The fourth-order valence-electron chi connectivity index (χ4n) is 3.24. The second-order valence-electron chi connectivity index (χ2n) is 6.30. The van der Waals surface area contributed by atoms with Gasteiger partial charge < -0.3 is 19.7 Å². The first-order valence-electron chi connectivity index (χ1n) is 8.70. The Labute approximate surface area is 161 Å². The third-order valence-electron chi connectivity index (χ3n) is 4.59. The van der Waals surface area contributed by atoms with Gasteiger partial charge in [0, 0.05) is 19.6 Å². The smallest absolute Gasteiger partial charge is 0.275 e. The van der Waals surface area contributed by atoms with Gasteiger partial charge in [-0.15, -0.1) is 0 Å². The third kappa shape index (κ3) is 4.36. The predicted octanol–water partition coefficient (Wildman–Crippen LogP) is 1.84. The molecule has 2 heterocycles. The fourth-order valence-corrected chi connectivity index (χ4v) is 3.64. The van der Waals surface area contributed by atoms with E-state index in [2.05, 4.69) is 14.1 Å². The number of hydrogen-bond acceptors (Lipinski definition) is 7.